The average Bonchev–Trinajstić information content (AvgIpc) is 2.61. The quantitative estimate of drug-likeness (QED) is 0.0984. The first-order chi connectivity index (χ1) is 13.9. The number of esters is 1. The Morgan fingerprint density at radius 2 is 1.44 bits per heavy atom. The van der Waals surface area contributed by atoms with Crippen molar-refractivity contribution in [1.82, 2.24) is 0 Å². The molecule has 0 aromatic carbocycles. The maximum atomic E-state index is 11.5. The average molecular weight is 511 g/mol. The van der Waals surface area contributed by atoms with Crippen molar-refractivity contribution in [3.05, 3.63) is 12.2 Å². The van der Waals surface area contributed by atoms with E-state index in [2.05, 4.69) is 46.2 Å². The van der Waals surface area contributed by atoms with Crippen LogP contribution in [0.15, 0.2) is 12.2 Å². The van der Waals surface area contributed by atoms with Crippen LogP contribution < -0.4 is 0 Å². The van der Waals surface area contributed by atoms with Gasteiger partial charge in [-0.1, -0.05) is 41.2 Å². The molecule has 0 aliphatic heterocycles. The highest BCUT2D eigenvalue weighted by molar-refractivity contribution is 6.88. The molecule has 0 heterocycles. The van der Waals surface area contributed by atoms with Crippen LogP contribution in [0, 0.1) is 0 Å². The Kier molecular flexibility index (Phi) is 20.5. The third-order valence-electron chi connectivity index (χ3n) is 4.81. The summed E-state index contributed by atoms with van der Waals surface area (Å²) in [4.78, 5) is 11.5. The molecule has 32 heavy (non-hydrogen) atoms. The van der Waals surface area contributed by atoms with E-state index in [1.165, 1.54) is 12.8 Å². The van der Waals surface area contributed by atoms with Gasteiger partial charge in [0.05, 0.1) is 19.8 Å². The van der Waals surface area contributed by atoms with Gasteiger partial charge in [0.25, 0.3) is 0 Å². The first-order valence-electron chi connectivity index (χ1n) is 11.3. The molecule has 0 aliphatic carbocycles. The third-order valence-corrected chi connectivity index (χ3v) is 17.3. The Balaban J connectivity index is -0.00000420. The molecule has 0 rings (SSSR count). The van der Waals surface area contributed by atoms with Crippen LogP contribution in [0.25, 0.3) is 0 Å². The first-order valence-corrected chi connectivity index (χ1v) is 20.0. The van der Waals surface area contributed by atoms with Gasteiger partial charge in [0.1, 0.15) is 0 Å². The summed E-state index contributed by atoms with van der Waals surface area (Å²) in [6.45, 7) is 20.1. The zero-order valence-electron chi connectivity index (χ0n) is 20.5. The highest BCUT2D eigenvalue weighted by Crippen LogP contribution is 2.29. The monoisotopic (exact) mass is 510 g/mol. The summed E-state index contributed by atoms with van der Waals surface area (Å²) in [5.74, 6) is -0.325. The number of carbonyl (C=O) groups is 1. The predicted molar refractivity (Wildman–Crippen MR) is 144 cm³/mol. The number of unbranched alkanes of at least 4 members (excludes halogenated alkanes) is 1. The molecular formula is C23H54O6Si3. The molecule has 0 aromatic heterocycles. The molecule has 9 heteroatoms. The minimum atomic E-state index is -2.28. The van der Waals surface area contributed by atoms with E-state index in [0.29, 0.717) is 25.4 Å². The van der Waals surface area contributed by atoms with Crippen molar-refractivity contribution >= 4 is 31.2 Å². The van der Waals surface area contributed by atoms with E-state index >= 15 is 0 Å². The third kappa shape index (κ3) is 18.2. The number of ether oxygens (including phenoxy) is 2. The van der Waals surface area contributed by atoms with Crippen molar-refractivity contribution in [1.29, 1.82) is 0 Å². The predicted octanol–water partition coefficient (Wildman–Crippen LogP) is 6.48. The largest absolute Gasteiger partial charge is 0.462 e. The first kappa shape index (κ1) is 36.3. The van der Waals surface area contributed by atoms with Crippen molar-refractivity contribution in [2.45, 2.75) is 105 Å². The second kappa shape index (κ2) is 18.1. The van der Waals surface area contributed by atoms with Crippen LogP contribution >= 0.6 is 0 Å². The summed E-state index contributed by atoms with van der Waals surface area (Å²) in [6.07, 6.45) is 4.11. The van der Waals surface area contributed by atoms with Crippen molar-refractivity contribution in [2.75, 3.05) is 26.4 Å². The molecule has 0 saturated carbocycles. The Labute approximate surface area is 202 Å². The molecule has 194 valence electrons. The van der Waals surface area contributed by atoms with Crippen LogP contribution in [0.1, 0.15) is 54.4 Å². The molecule has 0 aliphatic rings. The van der Waals surface area contributed by atoms with Gasteiger partial charge < -0.3 is 22.8 Å². The topological polar surface area (TPSA) is 74.2 Å². The van der Waals surface area contributed by atoms with Crippen LogP contribution in [-0.4, -0.2) is 62.7 Å². The summed E-state index contributed by atoms with van der Waals surface area (Å²) < 4.78 is 24.2. The van der Waals surface area contributed by atoms with E-state index in [9.17, 15) is 4.79 Å². The van der Waals surface area contributed by atoms with Gasteiger partial charge in [-0.3, -0.25) is 0 Å². The number of aliphatic hydroxyl groups excluding tert-OH is 1. The summed E-state index contributed by atoms with van der Waals surface area (Å²) in [6, 6.07) is 3.12. The van der Waals surface area contributed by atoms with Crippen molar-refractivity contribution in [3.8, 4) is 0 Å². The lowest BCUT2D eigenvalue weighted by Gasteiger charge is -2.40. The second-order valence-corrected chi connectivity index (χ2v) is 21.7. The Hall–Kier alpha value is -0.299. The number of carbonyl (C=O) groups excluding carboxylic acids is 1. The standard InChI is InChI=1S/C21H46O6Si3.2CH4/c1-9-10-18-30(8,19-11-14-24-16-13-22)27-29(6,7)26-28(4,5)17-12-15-25-21(23)20(2)3;;/h22H,2,9-19H2,1,3-8H3;2*1H4. The SMILES string of the molecule is C.C.C=C(C)C(=O)OCCC[Si](C)(C)O[Si](C)(C)O[Si](C)(CCCC)CCCOCCO. The van der Waals surface area contributed by atoms with Crippen LogP contribution in [0.2, 0.25) is 50.9 Å². The minimum absolute atomic E-state index is 0. The minimum Gasteiger partial charge on any atom is -0.462 e. The lowest BCUT2D eigenvalue weighted by atomic mass is 10.4. The van der Waals surface area contributed by atoms with Gasteiger partial charge in [-0.15, -0.1) is 0 Å². The molecule has 0 fully saturated rings. The van der Waals surface area contributed by atoms with Crippen LogP contribution in [0.4, 0.5) is 0 Å². The summed E-state index contributed by atoms with van der Waals surface area (Å²) in [5.41, 5.74) is 0.433. The lowest BCUT2D eigenvalue weighted by Crippen LogP contribution is -2.53. The van der Waals surface area contributed by atoms with Gasteiger partial charge in [0, 0.05) is 12.2 Å². The van der Waals surface area contributed by atoms with Crippen LogP contribution in [-0.2, 0) is 22.5 Å². The van der Waals surface area contributed by atoms with Gasteiger partial charge in [-0.05, 0) is 70.6 Å². The zero-order valence-corrected chi connectivity index (χ0v) is 23.5. The summed E-state index contributed by atoms with van der Waals surface area (Å²) in [7, 11) is -6.10. The Bertz CT molecular complexity index is 514. The zero-order chi connectivity index (χ0) is 23.3. The fourth-order valence-electron chi connectivity index (χ4n) is 3.61. The van der Waals surface area contributed by atoms with Gasteiger partial charge in [0.2, 0.25) is 0 Å². The maximum absolute atomic E-state index is 11.5. The molecule has 0 radical (unpaired) electrons. The fraction of sp³-hybridized carbons (Fsp3) is 0.870. The van der Waals surface area contributed by atoms with Crippen LogP contribution in [0.3, 0.4) is 0 Å². The van der Waals surface area contributed by atoms with E-state index in [4.69, 9.17) is 22.8 Å². The lowest BCUT2D eigenvalue weighted by molar-refractivity contribution is -0.138. The molecule has 0 aromatic rings. The highest BCUT2D eigenvalue weighted by atomic mass is 28.5. The van der Waals surface area contributed by atoms with E-state index < -0.39 is 25.2 Å². The summed E-state index contributed by atoms with van der Waals surface area (Å²) >= 11 is 0. The van der Waals surface area contributed by atoms with E-state index in [1.807, 2.05) is 0 Å². The smallest absolute Gasteiger partial charge is 0.333 e. The highest BCUT2D eigenvalue weighted by Gasteiger charge is 2.41. The van der Waals surface area contributed by atoms with Crippen LogP contribution in [0.5, 0.6) is 0 Å². The molecule has 1 N–H and O–H groups in total. The molecule has 6 nitrogen and oxygen atoms in total. The van der Waals surface area contributed by atoms with E-state index in [0.717, 1.165) is 31.0 Å². The molecule has 1 atom stereocenters. The molecule has 0 amide bonds. The molecule has 0 spiro atoms. The Morgan fingerprint density at radius 3 is 1.97 bits per heavy atom. The normalized spacial score (nSPS) is 13.5. The number of aliphatic hydroxyl groups is 1. The fourth-order valence-corrected chi connectivity index (χ4v) is 18.7. The Morgan fingerprint density at radius 1 is 0.875 bits per heavy atom. The maximum Gasteiger partial charge on any atom is 0.333 e. The molecule has 0 saturated heterocycles. The summed E-state index contributed by atoms with van der Waals surface area (Å²) in [5, 5.41) is 8.85. The van der Waals surface area contributed by atoms with Crippen molar-refractivity contribution < 1.29 is 27.6 Å². The van der Waals surface area contributed by atoms with Gasteiger partial charge >= 0.3 is 14.5 Å². The van der Waals surface area contributed by atoms with Gasteiger partial charge in [-0.25, -0.2) is 4.79 Å². The number of hydrogen-bond acceptors (Lipinski definition) is 6. The number of rotatable bonds is 18. The number of hydrogen-bond donors (Lipinski definition) is 1. The van der Waals surface area contributed by atoms with Gasteiger partial charge in [0.15, 0.2) is 16.6 Å². The second-order valence-electron chi connectivity index (χ2n) is 9.38. The molecule has 0 bridgehead atoms. The van der Waals surface area contributed by atoms with E-state index in [1.54, 1.807) is 6.92 Å². The molecule has 1 unspecified atom stereocenters. The van der Waals surface area contributed by atoms with Crippen molar-refractivity contribution in [3.63, 3.8) is 0 Å². The van der Waals surface area contributed by atoms with Crippen molar-refractivity contribution in [2.24, 2.45) is 0 Å². The van der Waals surface area contributed by atoms with E-state index in [-0.39, 0.29) is 27.4 Å². The van der Waals surface area contributed by atoms with Gasteiger partial charge in [-0.2, -0.15) is 0 Å². The molecular weight excluding hydrogens is 457 g/mol.